The van der Waals surface area contributed by atoms with Crippen molar-refractivity contribution in [1.29, 1.82) is 0 Å². The second kappa shape index (κ2) is 8.21. The molecule has 4 rings (SSSR count). The maximum Gasteiger partial charge on any atom is 0.256 e. The average Bonchev–Trinajstić information content (AvgIpc) is 3.10. The smallest absolute Gasteiger partial charge is 0.256 e. The summed E-state index contributed by atoms with van der Waals surface area (Å²) in [6.07, 6.45) is 2.92. The van der Waals surface area contributed by atoms with Crippen molar-refractivity contribution in [2.24, 2.45) is 5.92 Å². The molecule has 2 amide bonds. The SMILES string of the molecule is CNC(=O)c1c(NC(=O)c2ccc(-c3ccccc3)cc2)sc2c1CC[C@@H](C)C2. The zero-order valence-electron chi connectivity index (χ0n) is 16.6. The number of thiophene rings is 1. The summed E-state index contributed by atoms with van der Waals surface area (Å²) in [5, 5.41) is 6.37. The van der Waals surface area contributed by atoms with Crippen LogP contribution in [0.1, 0.15) is 44.5 Å². The highest BCUT2D eigenvalue weighted by Gasteiger charge is 2.28. The summed E-state index contributed by atoms with van der Waals surface area (Å²) in [7, 11) is 1.63. The fourth-order valence-electron chi connectivity index (χ4n) is 3.82. The Balaban J connectivity index is 1.59. The van der Waals surface area contributed by atoms with Crippen molar-refractivity contribution in [2.75, 3.05) is 12.4 Å². The highest BCUT2D eigenvalue weighted by molar-refractivity contribution is 7.17. The van der Waals surface area contributed by atoms with E-state index < -0.39 is 0 Å². The van der Waals surface area contributed by atoms with E-state index in [1.807, 2.05) is 54.6 Å². The minimum atomic E-state index is -0.193. The summed E-state index contributed by atoms with van der Waals surface area (Å²) in [5.41, 5.74) is 4.48. The Labute approximate surface area is 175 Å². The first-order chi connectivity index (χ1) is 14.1. The lowest BCUT2D eigenvalue weighted by Gasteiger charge is -2.18. The third-order valence-corrected chi connectivity index (χ3v) is 6.62. The van der Waals surface area contributed by atoms with E-state index in [0.29, 0.717) is 22.0 Å². The van der Waals surface area contributed by atoms with Crippen molar-refractivity contribution >= 4 is 28.2 Å². The van der Waals surface area contributed by atoms with Crippen LogP contribution in [-0.4, -0.2) is 18.9 Å². The molecular weight excluding hydrogens is 380 g/mol. The van der Waals surface area contributed by atoms with E-state index in [0.717, 1.165) is 36.0 Å². The number of hydrogen-bond acceptors (Lipinski definition) is 3. The monoisotopic (exact) mass is 404 g/mol. The van der Waals surface area contributed by atoms with E-state index in [9.17, 15) is 9.59 Å². The Bertz CT molecular complexity index is 1040. The molecule has 2 N–H and O–H groups in total. The molecule has 148 valence electrons. The standard InChI is InChI=1S/C24H24N2O2S/c1-15-8-13-19-20(14-15)29-24(21(19)23(28)25-2)26-22(27)18-11-9-17(10-12-18)16-6-4-3-5-7-16/h3-7,9-12,15H,8,13-14H2,1-2H3,(H,25,28)(H,26,27)/t15-/m1/s1. The number of anilines is 1. The van der Waals surface area contributed by atoms with Crippen molar-refractivity contribution in [1.82, 2.24) is 5.32 Å². The summed E-state index contributed by atoms with van der Waals surface area (Å²) in [6, 6.07) is 17.6. The van der Waals surface area contributed by atoms with Crippen LogP contribution in [0.25, 0.3) is 11.1 Å². The minimum Gasteiger partial charge on any atom is -0.355 e. The van der Waals surface area contributed by atoms with Crippen molar-refractivity contribution in [3.8, 4) is 11.1 Å². The molecule has 1 atom stereocenters. The number of carbonyl (C=O) groups excluding carboxylic acids is 2. The van der Waals surface area contributed by atoms with Crippen LogP contribution in [0.3, 0.4) is 0 Å². The predicted molar refractivity (Wildman–Crippen MR) is 119 cm³/mol. The van der Waals surface area contributed by atoms with Crippen LogP contribution in [0.4, 0.5) is 5.00 Å². The van der Waals surface area contributed by atoms with Crippen LogP contribution in [0.2, 0.25) is 0 Å². The van der Waals surface area contributed by atoms with Gasteiger partial charge in [-0.1, -0.05) is 49.4 Å². The molecule has 0 radical (unpaired) electrons. The summed E-state index contributed by atoms with van der Waals surface area (Å²) >= 11 is 1.54. The zero-order valence-corrected chi connectivity index (χ0v) is 17.4. The van der Waals surface area contributed by atoms with E-state index in [2.05, 4.69) is 17.6 Å². The van der Waals surface area contributed by atoms with Crippen molar-refractivity contribution < 1.29 is 9.59 Å². The highest BCUT2D eigenvalue weighted by Crippen LogP contribution is 2.39. The number of nitrogens with one attached hydrogen (secondary N) is 2. The molecule has 1 heterocycles. The van der Waals surface area contributed by atoms with Crippen molar-refractivity contribution in [3.05, 3.63) is 76.2 Å². The second-order valence-corrected chi connectivity index (χ2v) is 8.64. The lowest BCUT2D eigenvalue weighted by atomic mass is 9.88. The van der Waals surface area contributed by atoms with Gasteiger partial charge in [-0.3, -0.25) is 9.59 Å². The van der Waals surface area contributed by atoms with Crippen LogP contribution >= 0.6 is 11.3 Å². The van der Waals surface area contributed by atoms with Crippen LogP contribution in [0, 0.1) is 5.92 Å². The molecule has 1 aliphatic carbocycles. The number of hydrogen-bond donors (Lipinski definition) is 2. The Kier molecular flexibility index (Phi) is 5.49. The van der Waals surface area contributed by atoms with Crippen LogP contribution < -0.4 is 10.6 Å². The van der Waals surface area contributed by atoms with Gasteiger partial charge >= 0.3 is 0 Å². The fraction of sp³-hybridized carbons (Fsp3) is 0.250. The van der Waals surface area contributed by atoms with Gasteiger partial charge in [-0.15, -0.1) is 11.3 Å². The number of amides is 2. The molecule has 29 heavy (non-hydrogen) atoms. The normalized spacial score (nSPS) is 15.4. The Hall–Kier alpha value is -2.92. The summed E-state index contributed by atoms with van der Waals surface area (Å²) in [6.45, 7) is 2.23. The predicted octanol–water partition coefficient (Wildman–Crippen LogP) is 5.15. The van der Waals surface area contributed by atoms with Gasteiger partial charge in [-0.25, -0.2) is 0 Å². The summed E-state index contributed by atoms with van der Waals surface area (Å²) in [4.78, 5) is 26.6. The van der Waals surface area contributed by atoms with E-state index >= 15 is 0 Å². The first-order valence-corrected chi connectivity index (χ1v) is 10.7. The van der Waals surface area contributed by atoms with Gasteiger partial charge in [0, 0.05) is 17.5 Å². The first kappa shape index (κ1) is 19.4. The number of carbonyl (C=O) groups is 2. The largest absolute Gasteiger partial charge is 0.355 e. The average molecular weight is 405 g/mol. The van der Waals surface area contributed by atoms with Crippen LogP contribution in [0.5, 0.6) is 0 Å². The quantitative estimate of drug-likeness (QED) is 0.632. The maximum atomic E-state index is 12.9. The molecule has 0 bridgehead atoms. The van der Waals surface area contributed by atoms with E-state index in [1.54, 1.807) is 7.05 Å². The van der Waals surface area contributed by atoms with Crippen molar-refractivity contribution in [2.45, 2.75) is 26.2 Å². The molecule has 3 aromatic rings. The lowest BCUT2D eigenvalue weighted by Crippen LogP contribution is -2.22. The molecule has 0 spiro atoms. The topological polar surface area (TPSA) is 58.2 Å². The molecule has 0 unspecified atom stereocenters. The first-order valence-electron chi connectivity index (χ1n) is 9.90. The second-order valence-electron chi connectivity index (χ2n) is 7.53. The molecule has 0 fully saturated rings. The van der Waals surface area contributed by atoms with Crippen LogP contribution in [-0.2, 0) is 12.8 Å². The molecule has 0 aliphatic heterocycles. The van der Waals surface area contributed by atoms with E-state index in [1.165, 1.54) is 16.2 Å². The van der Waals surface area contributed by atoms with Gasteiger partial charge in [0.25, 0.3) is 11.8 Å². The van der Waals surface area contributed by atoms with Gasteiger partial charge in [-0.05, 0) is 54.0 Å². The van der Waals surface area contributed by atoms with E-state index in [4.69, 9.17) is 0 Å². The molecule has 1 aliphatic rings. The Morgan fingerprint density at radius 3 is 2.34 bits per heavy atom. The Morgan fingerprint density at radius 2 is 1.66 bits per heavy atom. The fourth-order valence-corrected chi connectivity index (χ4v) is 5.23. The highest BCUT2D eigenvalue weighted by atomic mass is 32.1. The number of rotatable bonds is 4. The molecule has 0 saturated carbocycles. The molecule has 0 saturated heterocycles. The summed E-state index contributed by atoms with van der Waals surface area (Å²) < 4.78 is 0. The number of benzene rings is 2. The summed E-state index contributed by atoms with van der Waals surface area (Å²) in [5.74, 6) is 0.279. The molecule has 4 nitrogen and oxygen atoms in total. The number of fused-ring (bicyclic) bond motifs is 1. The third kappa shape index (κ3) is 3.96. The molecule has 2 aromatic carbocycles. The van der Waals surface area contributed by atoms with Gasteiger partial charge in [0.1, 0.15) is 5.00 Å². The Morgan fingerprint density at radius 1 is 0.966 bits per heavy atom. The van der Waals surface area contributed by atoms with Crippen LogP contribution in [0.15, 0.2) is 54.6 Å². The molecule has 1 aromatic heterocycles. The zero-order chi connectivity index (χ0) is 20.4. The lowest BCUT2D eigenvalue weighted by molar-refractivity contribution is 0.0963. The van der Waals surface area contributed by atoms with Gasteiger partial charge < -0.3 is 10.6 Å². The maximum absolute atomic E-state index is 12.9. The van der Waals surface area contributed by atoms with Crippen molar-refractivity contribution in [3.63, 3.8) is 0 Å². The molecule has 5 heteroatoms. The van der Waals surface area contributed by atoms with Gasteiger partial charge in [-0.2, -0.15) is 0 Å². The minimum absolute atomic E-state index is 0.133. The van der Waals surface area contributed by atoms with Gasteiger partial charge in [0.2, 0.25) is 0 Å². The molecular formula is C24H24N2O2S. The third-order valence-electron chi connectivity index (χ3n) is 5.45. The van der Waals surface area contributed by atoms with Gasteiger partial charge in [0.15, 0.2) is 0 Å². The van der Waals surface area contributed by atoms with E-state index in [-0.39, 0.29) is 11.8 Å². The van der Waals surface area contributed by atoms with Gasteiger partial charge in [0.05, 0.1) is 5.56 Å².